The molecule has 0 aliphatic rings. The summed E-state index contributed by atoms with van der Waals surface area (Å²) in [4.78, 5) is 4.61. The lowest BCUT2D eigenvalue weighted by molar-refractivity contribution is 0.571. The van der Waals surface area contributed by atoms with Crippen molar-refractivity contribution in [2.45, 2.75) is 26.2 Å². The van der Waals surface area contributed by atoms with Gasteiger partial charge in [0.1, 0.15) is 0 Å². The van der Waals surface area contributed by atoms with Crippen LogP contribution in [0.5, 0.6) is 0 Å². The fraction of sp³-hybridized carbons (Fsp3) is 0.308. The zero-order valence-electron chi connectivity index (χ0n) is 9.81. The molecule has 0 aliphatic heterocycles. The molecule has 2 aromatic rings. The summed E-state index contributed by atoms with van der Waals surface area (Å²) in [6, 6.07) is 5.68. The second-order valence-electron chi connectivity index (χ2n) is 5.02. The van der Waals surface area contributed by atoms with Gasteiger partial charge in [-0.2, -0.15) is 0 Å². The van der Waals surface area contributed by atoms with Crippen LogP contribution in [0.15, 0.2) is 22.7 Å². The molecule has 1 nitrogen and oxygen atoms in total. The second-order valence-corrected chi connectivity index (χ2v) is 6.75. The smallest absolute Gasteiger partial charge is 0.0907 e. The number of aromatic nitrogens is 1. The van der Waals surface area contributed by atoms with Gasteiger partial charge in [0.25, 0.3) is 0 Å². The summed E-state index contributed by atoms with van der Waals surface area (Å²) in [6.45, 7) is 6.30. The lowest BCUT2D eigenvalue weighted by Gasteiger charge is -2.19. The summed E-state index contributed by atoms with van der Waals surface area (Å²) in [5.74, 6) is 0. The van der Waals surface area contributed by atoms with E-state index in [9.17, 15) is 0 Å². The Morgan fingerprint density at radius 1 is 1.06 bits per heavy atom. The minimum absolute atomic E-state index is 0.0474. The largest absolute Gasteiger partial charge is 0.251 e. The minimum Gasteiger partial charge on any atom is -0.251 e. The molecule has 0 fully saturated rings. The monoisotopic (exact) mass is 331 g/mol. The maximum atomic E-state index is 6.29. The van der Waals surface area contributed by atoms with Gasteiger partial charge in [0, 0.05) is 21.0 Å². The first-order valence-electron chi connectivity index (χ1n) is 5.25. The van der Waals surface area contributed by atoms with E-state index in [1.165, 1.54) is 0 Å². The summed E-state index contributed by atoms with van der Waals surface area (Å²) >= 11 is 15.9. The number of hydrogen-bond acceptors (Lipinski definition) is 1. The SMILES string of the molecule is CC(C)(C)c1cc(Cl)c2cc(Br)cc(Cl)c2n1. The predicted molar refractivity (Wildman–Crippen MR) is 78.2 cm³/mol. The number of fused-ring (bicyclic) bond motifs is 1. The average molecular weight is 333 g/mol. The number of nitrogens with zero attached hydrogens (tertiary/aromatic N) is 1. The van der Waals surface area contributed by atoms with Gasteiger partial charge < -0.3 is 0 Å². The standard InChI is InChI=1S/C13H12BrCl2N/c1-13(2,3)11-6-9(15)8-4-7(14)5-10(16)12(8)17-11/h4-6H,1-3H3. The van der Waals surface area contributed by atoms with E-state index in [1.807, 2.05) is 18.2 Å². The molecule has 0 radical (unpaired) electrons. The molecule has 90 valence electrons. The van der Waals surface area contributed by atoms with E-state index in [0.29, 0.717) is 10.0 Å². The van der Waals surface area contributed by atoms with Crippen LogP contribution in [0.3, 0.4) is 0 Å². The maximum absolute atomic E-state index is 6.29. The molecule has 0 bridgehead atoms. The molecular formula is C13H12BrCl2N. The topological polar surface area (TPSA) is 12.9 Å². The van der Waals surface area contributed by atoms with Gasteiger partial charge in [-0.05, 0) is 18.2 Å². The fourth-order valence-corrected chi connectivity index (χ4v) is 2.70. The van der Waals surface area contributed by atoms with Gasteiger partial charge in [-0.3, -0.25) is 4.98 Å². The summed E-state index contributed by atoms with van der Waals surface area (Å²) in [5.41, 5.74) is 1.65. The van der Waals surface area contributed by atoms with Crippen molar-refractivity contribution in [3.05, 3.63) is 38.4 Å². The van der Waals surface area contributed by atoms with Crippen LogP contribution in [0.2, 0.25) is 10.0 Å². The molecular weight excluding hydrogens is 321 g/mol. The van der Waals surface area contributed by atoms with E-state index in [4.69, 9.17) is 23.2 Å². The fourth-order valence-electron chi connectivity index (χ4n) is 1.60. The van der Waals surface area contributed by atoms with E-state index in [0.717, 1.165) is 21.1 Å². The Morgan fingerprint density at radius 2 is 1.71 bits per heavy atom. The minimum atomic E-state index is -0.0474. The van der Waals surface area contributed by atoms with Crippen LogP contribution in [0.25, 0.3) is 10.9 Å². The van der Waals surface area contributed by atoms with Crippen molar-refractivity contribution in [3.8, 4) is 0 Å². The number of benzene rings is 1. The number of rotatable bonds is 0. The van der Waals surface area contributed by atoms with Crippen LogP contribution >= 0.6 is 39.1 Å². The van der Waals surface area contributed by atoms with E-state index in [1.54, 1.807) is 0 Å². The van der Waals surface area contributed by atoms with Crippen LogP contribution in [-0.4, -0.2) is 4.98 Å². The quantitative estimate of drug-likeness (QED) is 0.611. The normalized spacial score (nSPS) is 12.1. The molecule has 1 heterocycles. The average Bonchev–Trinajstić information content (AvgIpc) is 2.17. The number of hydrogen-bond donors (Lipinski definition) is 0. The Kier molecular flexibility index (Phi) is 3.41. The highest BCUT2D eigenvalue weighted by Crippen LogP contribution is 2.34. The Bertz CT molecular complexity index is 588. The van der Waals surface area contributed by atoms with Crippen LogP contribution in [-0.2, 0) is 5.41 Å². The van der Waals surface area contributed by atoms with E-state index in [-0.39, 0.29) is 5.41 Å². The highest BCUT2D eigenvalue weighted by atomic mass is 79.9. The molecule has 4 heteroatoms. The first-order chi connectivity index (χ1) is 7.79. The third-order valence-electron chi connectivity index (χ3n) is 2.55. The number of pyridine rings is 1. The molecule has 0 aliphatic carbocycles. The lowest BCUT2D eigenvalue weighted by Crippen LogP contribution is -2.13. The van der Waals surface area contributed by atoms with E-state index >= 15 is 0 Å². The summed E-state index contributed by atoms with van der Waals surface area (Å²) in [7, 11) is 0. The van der Waals surface area contributed by atoms with Crippen molar-refractivity contribution >= 4 is 50.0 Å². The van der Waals surface area contributed by atoms with Crippen molar-refractivity contribution in [1.29, 1.82) is 0 Å². The van der Waals surface area contributed by atoms with Crippen LogP contribution in [0.1, 0.15) is 26.5 Å². The number of halogens is 3. The Morgan fingerprint density at radius 3 is 2.29 bits per heavy atom. The van der Waals surface area contributed by atoms with Crippen molar-refractivity contribution in [1.82, 2.24) is 4.98 Å². The van der Waals surface area contributed by atoms with Crippen LogP contribution in [0, 0.1) is 0 Å². The van der Waals surface area contributed by atoms with Gasteiger partial charge >= 0.3 is 0 Å². The Labute approximate surface area is 119 Å². The first kappa shape index (κ1) is 13.1. The zero-order chi connectivity index (χ0) is 12.8. The molecule has 0 N–H and O–H groups in total. The van der Waals surface area contributed by atoms with Crippen LogP contribution in [0.4, 0.5) is 0 Å². The molecule has 0 atom stereocenters. The predicted octanol–water partition coefficient (Wildman–Crippen LogP) is 5.60. The van der Waals surface area contributed by atoms with Crippen molar-refractivity contribution in [2.24, 2.45) is 0 Å². The van der Waals surface area contributed by atoms with Crippen molar-refractivity contribution in [3.63, 3.8) is 0 Å². The molecule has 0 saturated heterocycles. The lowest BCUT2D eigenvalue weighted by atomic mass is 9.91. The first-order valence-corrected chi connectivity index (χ1v) is 6.80. The zero-order valence-corrected chi connectivity index (χ0v) is 12.9. The molecule has 2 rings (SSSR count). The van der Waals surface area contributed by atoms with Gasteiger partial charge in [0.15, 0.2) is 0 Å². The molecule has 1 aromatic heterocycles. The molecule has 1 aromatic carbocycles. The van der Waals surface area contributed by atoms with E-state index < -0.39 is 0 Å². The maximum Gasteiger partial charge on any atom is 0.0907 e. The van der Waals surface area contributed by atoms with Gasteiger partial charge in [-0.25, -0.2) is 0 Å². The summed E-state index contributed by atoms with van der Waals surface area (Å²) in [6.07, 6.45) is 0. The third kappa shape index (κ3) is 2.59. The molecule has 0 unspecified atom stereocenters. The highest BCUT2D eigenvalue weighted by molar-refractivity contribution is 9.10. The molecule has 0 spiro atoms. The Hall–Kier alpha value is -0.310. The highest BCUT2D eigenvalue weighted by Gasteiger charge is 2.18. The second kappa shape index (κ2) is 4.42. The molecule has 17 heavy (non-hydrogen) atoms. The third-order valence-corrected chi connectivity index (χ3v) is 3.61. The van der Waals surface area contributed by atoms with E-state index in [2.05, 4.69) is 41.7 Å². The Balaban J connectivity index is 2.83. The molecule has 0 amide bonds. The summed E-state index contributed by atoms with van der Waals surface area (Å²) in [5, 5.41) is 2.17. The van der Waals surface area contributed by atoms with Crippen molar-refractivity contribution in [2.75, 3.05) is 0 Å². The van der Waals surface area contributed by atoms with Gasteiger partial charge in [0.2, 0.25) is 0 Å². The van der Waals surface area contributed by atoms with Gasteiger partial charge in [-0.1, -0.05) is 59.9 Å². The summed E-state index contributed by atoms with van der Waals surface area (Å²) < 4.78 is 0.905. The van der Waals surface area contributed by atoms with Crippen LogP contribution < -0.4 is 0 Å². The van der Waals surface area contributed by atoms with Gasteiger partial charge in [0.05, 0.1) is 15.6 Å². The van der Waals surface area contributed by atoms with Crippen molar-refractivity contribution < 1.29 is 0 Å². The van der Waals surface area contributed by atoms with Gasteiger partial charge in [-0.15, -0.1) is 0 Å². The molecule has 0 saturated carbocycles.